The van der Waals surface area contributed by atoms with Crippen LogP contribution >= 0.6 is 0 Å². The SMILES string of the molecule is CCN(CC)c1ccc(C=NNC(=O)C(NC(=O)c2ccc([N+](=O)[O-])cc2)C23CC4CC(CC(C4)C2)C3)cc1. The number of hydrogen-bond donors (Lipinski definition) is 2. The van der Waals surface area contributed by atoms with Gasteiger partial charge in [-0.05, 0) is 100.0 Å². The molecular formula is C30H37N5O4. The van der Waals surface area contributed by atoms with E-state index >= 15 is 0 Å². The molecule has 4 aliphatic rings. The van der Waals surface area contributed by atoms with Gasteiger partial charge >= 0.3 is 0 Å². The molecule has 1 atom stereocenters. The van der Waals surface area contributed by atoms with E-state index in [4.69, 9.17) is 0 Å². The minimum atomic E-state index is -0.726. The van der Waals surface area contributed by atoms with Gasteiger partial charge in [0.1, 0.15) is 6.04 Å². The van der Waals surface area contributed by atoms with Gasteiger partial charge in [0.05, 0.1) is 11.1 Å². The molecule has 0 aromatic heterocycles. The zero-order valence-corrected chi connectivity index (χ0v) is 22.6. The summed E-state index contributed by atoms with van der Waals surface area (Å²) in [4.78, 5) is 39.7. The summed E-state index contributed by atoms with van der Waals surface area (Å²) in [6.07, 6.45) is 8.04. The number of non-ortho nitro benzene ring substituents is 1. The van der Waals surface area contributed by atoms with Crippen molar-refractivity contribution < 1.29 is 14.5 Å². The standard InChI is InChI=1S/C30H37N5O4/c1-3-34(4-2)25-9-5-20(6-10-25)19-31-33-29(37)27(30-16-21-13-22(17-30)15-23(14-21)18-30)32-28(36)24-7-11-26(12-8-24)35(38)39/h5-12,19,21-23,27H,3-4,13-18H2,1-2H3,(H,32,36)(H,33,37). The number of nitrogens with one attached hydrogen (secondary N) is 2. The monoisotopic (exact) mass is 531 g/mol. The maximum atomic E-state index is 13.6. The maximum Gasteiger partial charge on any atom is 0.269 e. The summed E-state index contributed by atoms with van der Waals surface area (Å²) in [7, 11) is 0. The number of hydrazone groups is 1. The van der Waals surface area contributed by atoms with Gasteiger partial charge in [-0.25, -0.2) is 5.43 Å². The summed E-state index contributed by atoms with van der Waals surface area (Å²) in [5.74, 6) is 1.06. The van der Waals surface area contributed by atoms with Crippen LogP contribution in [0.4, 0.5) is 11.4 Å². The van der Waals surface area contributed by atoms with E-state index in [0.29, 0.717) is 23.3 Å². The Morgan fingerprint density at radius 3 is 2.08 bits per heavy atom. The third-order valence-electron chi connectivity index (χ3n) is 8.99. The molecule has 0 saturated heterocycles. The topological polar surface area (TPSA) is 117 Å². The molecule has 2 amide bonds. The fourth-order valence-corrected chi connectivity index (χ4v) is 7.57. The Labute approximate surface area is 229 Å². The first-order valence-electron chi connectivity index (χ1n) is 14.0. The third-order valence-corrected chi connectivity index (χ3v) is 8.99. The summed E-state index contributed by atoms with van der Waals surface area (Å²) in [5, 5.41) is 18.3. The van der Waals surface area contributed by atoms with Crippen molar-refractivity contribution in [2.24, 2.45) is 28.3 Å². The van der Waals surface area contributed by atoms with Crippen LogP contribution in [0.3, 0.4) is 0 Å². The average Bonchev–Trinajstić information content (AvgIpc) is 2.92. The van der Waals surface area contributed by atoms with Gasteiger partial charge in [0.15, 0.2) is 0 Å². The summed E-state index contributed by atoms with van der Waals surface area (Å²) in [5.41, 5.74) is 4.63. The largest absolute Gasteiger partial charge is 0.372 e. The molecule has 0 aliphatic heterocycles. The molecule has 4 aliphatic carbocycles. The third kappa shape index (κ3) is 5.67. The molecule has 39 heavy (non-hydrogen) atoms. The van der Waals surface area contributed by atoms with Gasteiger partial charge in [-0.3, -0.25) is 19.7 Å². The number of nitro benzene ring substituents is 1. The fourth-order valence-electron chi connectivity index (χ4n) is 7.57. The van der Waals surface area contributed by atoms with E-state index in [1.54, 1.807) is 6.21 Å². The first-order valence-corrected chi connectivity index (χ1v) is 14.0. The van der Waals surface area contributed by atoms with Crippen LogP contribution in [0.25, 0.3) is 0 Å². The van der Waals surface area contributed by atoms with Crippen molar-refractivity contribution in [2.45, 2.75) is 58.4 Å². The molecule has 2 N–H and O–H groups in total. The number of nitrogens with zero attached hydrogens (tertiary/aromatic N) is 3. The highest BCUT2D eigenvalue weighted by Crippen LogP contribution is 2.61. The summed E-state index contributed by atoms with van der Waals surface area (Å²) >= 11 is 0. The van der Waals surface area contributed by atoms with Gasteiger partial charge in [-0.15, -0.1) is 0 Å². The number of carbonyl (C=O) groups excluding carboxylic acids is 2. The molecule has 4 bridgehead atoms. The Kier molecular flexibility index (Phi) is 7.68. The van der Waals surface area contributed by atoms with Crippen LogP contribution < -0.4 is 15.6 Å². The van der Waals surface area contributed by atoms with Gasteiger partial charge < -0.3 is 10.2 Å². The molecule has 1 unspecified atom stereocenters. The summed E-state index contributed by atoms with van der Waals surface area (Å²) in [6.45, 7) is 6.10. The molecular weight excluding hydrogens is 494 g/mol. The molecule has 4 saturated carbocycles. The van der Waals surface area contributed by atoms with Crippen molar-refractivity contribution in [3.8, 4) is 0 Å². The second-order valence-corrected chi connectivity index (χ2v) is 11.5. The van der Waals surface area contributed by atoms with E-state index in [1.165, 1.54) is 43.5 Å². The number of benzene rings is 2. The molecule has 0 heterocycles. The van der Waals surface area contributed by atoms with Crippen molar-refractivity contribution in [2.75, 3.05) is 18.0 Å². The number of hydrogen-bond acceptors (Lipinski definition) is 6. The van der Waals surface area contributed by atoms with E-state index in [-0.39, 0.29) is 17.0 Å². The number of nitro groups is 1. The van der Waals surface area contributed by atoms with Crippen molar-refractivity contribution in [3.05, 3.63) is 69.8 Å². The van der Waals surface area contributed by atoms with Crippen LogP contribution in [-0.2, 0) is 4.79 Å². The number of anilines is 1. The maximum absolute atomic E-state index is 13.6. The van der Waals surface area contributed by atoms with E-state index in [0.717, 1.165) is 43.6 Å². The van der Waals surface area contributed by atoms with Gasteiger partial charge in [-0.2, -0.15) is 5.10 Å². The molecule has 206 valence electrons. The highest BCUT2D eigenvalue weighted by Gasteiger charge is 2.56. The second kappa shape index (κ2) is 11.2. The lowest BCUT2D eigenvalue weighted by Crippen LogP contribution is -2.61. The zero-order chi connectivity index (χ0) is 27.6. The van der Waals surface area contributed by atoms with Crippen LogP contribution in [0.5, 0.6) is 0 Å². The number of amides is 2. The Bertz CT molecular complexity index is 1200. The van der Waals surface area contributed by atoms with Crippen LogP contribution in [0.2, 0.25) is 0 Å². The van der Waals surface area contributed by atoms with Crippen LogP contribution in [0.15, 0.2) is 53.6 Å². The molecule has 0 spiro atoms. The Hall–Kier alpha value is -3.75. The van der Waals surface area contributed by atoms with Crippen molar-refractivity contribution in [1.82, 2.24) is 10.7 Å². The number of rotatable bonds is 10. The molecule has 6 rings (SSSR count). The van der Waals surface area contributed by atoms with Gasteiger partial charge in [0, 0.05) is 41.9 Å². The smallest absolute Gasteiger partial charge is 0.269 e. The zero-order valence-electron chi connectivity index (χ0n) is 22.6. The van der Waals surface area contributed by atoms with Crippen molar-refractivity contribution >= 4 is 29.4 Å². The van der Waals surface area contributed by atoms with E-state index in [2.05, 4.69) is 34.6 Å². The lowest BCUT2D eigenvalue weighted by atomic mass is 9.47. The summed E-state index contributed by atoms with van der Waals surface area (Å²) in [6, 6.07) is 12.8. The normalized spacial score (nSPS) is 25.8. The van der Waals surface area contributed by atoms with Crippen LogP contribution in [0, 0.1) is 33.3 Å². The minimum Gasteiger partial charge on any atom is -0.372 e. The lowest BCUT2D eigenvalue weighted by Gasteiger charge is -2.58. The lowest BCUT2D eigenvalue weighted by molar-refractivity contribution is -0.384. The van der Waals surface area contributed by atoms with E-state index in [1.807, 2.05) is 24.3 Å². The van der Waals surface area contributed by atoms with Crippen molar-refractivity contribution in [1.29, 1.82) is 0 Å². The minimum absolute atomic E-state index is 0.0820. The molecule has 2 aromatic rings. The molecule has 0 radical (unpaired) electrons. The number of carbonyl (C=O) groups is 2. The Morgan fingerprint density at radius 2 is 1.56 bits per heavy atom. The van der Waals surface area contributed by atoms with Crippen LogP contribution in [-0.4, -0.2) is 42.1 Å². The Morgan fingerprint density at radius 1 is 1.00 bits per heavy atom. The van der Waals surface area contributed by atoms with E-state index in [9.17, 15) is 19.7 Å². The average molecular weight is 532 g/mol. The highest BCUT2D eigenvalue weighted by molar-refractivity contribution is 5.98. The van der Waals surface area contributed by atoms with E-state index < -0.39 is 16.9 Å². The predicted octanol–water partition coefficient (Wildman–Crippen LogP) is 4.91. The fraction of sp³-hybridized carbons (Fsp3) is 0.500. The van der Waals surface area contributed by atoms with Crippen molar-refractivity contribution in [3.63, 3.8) is 0 Å². The van der Waals surface area contributed by atoms with Gasteiger partial charge in [-0.1, -0.05) is 12.1 Å². The van der Waals surface area contributed by atoms with Crippen LogP contribution in [0.1, 0.15) is 68.3 Å². The molecule has 2 aromatic carbocycles. The summed E-state index contributed by atoms with van der Waals surface area (Å²) < 4.78 is 0. The Balaban J connectivity index is 1.33. The molecule has 9 heteroatoms. The van der Waals surface area contributed by atoms with Gasteiger partial charge in [0.25, 0.3) is 17.5 Å². The predicted molar refractivity (Wildman–Crippen MR) is 151 cm³/mol. The first-order chi connectivity index (χ1) is 18.8. The molecule has 4 fully saturated rings. The first kappa shape index (κ1) is 26.8. The highest BCUT2D eigenvalue weighted by atomic mass is 16.6. The molecule has 9 nitrogen and oxygen atoms in total. The quantitative estimate of drug-likeness (QED) is 0.257. The second-order valence-electron chi connectivity index (χ2n) is 11.5. The van der Waals surface area contributed by atoms with Gasteiger partial charge in [0.2, 0.25) is 0 Å².